The molecule has 23 heavy (non-hydrogen) atoms. The van der Waals surface area contributed by atoms with Crippen molar-refractivity contribution >= 4 is 12.0 Å². The molecule has 6 heteroatoms. The number of nitrogens with one attached hydrogen (secondary N) is 2. The second-order valence-electron chi connectivity index (χ2n) is 5.82. The molecule has 1 aromatic rings. The Balaban J connectivity index is 2.47. The van der Waals surface area contributed by atoms with Crippen LogP contribution in [0.3, 0.4) is 0 Å². The fraction of sp³-hybridized carbons (Fsp3) is 0.529. The normalized spacial score (nSPS) is 11.8. The summed E-state index contributed by atoms with van der Waals surface area (Å²) in [5.41, 5.74) is 6.30. The summed E-state index contributed by atoms with van der Waals surface area (Å²) in [5.74, 6) is 0.0680. The van der Waals surface area contributed by atoms with Gasteiger partial charge < -0.3 is 21.1 Å². The Bertz CT molecular complexity index is 477. The van der Waals surface area contributed by atoms with Crippen molar-refractivity contribution < 1.29 is 14.3 Å². The molecule has 6 nitrogen and oxygen atoms in total. The second kappa shape index (κ2) is 10.6. The number of benzene rings is 1. The number of hydrogen-bond donors (Lipinski definition) is 3. The minimum absolute atomic E-state index is 0.176. The standard InChI is InChI=1S/C17H27N3O3/c1-13(2)11-15(16(21)19-10-6-9-18)20-17(22)23-12-14-7-4-3-5-8-14/h3-5,7-8,13,15H,6,9-12,18H2,1-2H3,(H,19,21)(H,20,22)/t15-/m0/s1. The molecule has 0 aliphatic carbocycles. The molecule has 0 heterocycles. The number of carbonyl (C=O) groups excluding carboxylic acids is 2. The van der Waals surface area contributed by atoms with Crippen molar-refractivity contribution in [2.75, 3.05) is 13.1 Å². The van der Waals surface area contributed by atoms with Gasteiger partial charge in [-0.25, -0.2) is 4.79 Å². The summed E-state index contributed by atoms with van der Waals surface area (Å²) >= 11 is 0. The van der Waals surface area contributed by atoms with E-state index in [1.54, 1.807) is 0 Å². The molecule has 0 aromatic heterocycles. The molecular weight excluding hydrogens is 294 g/mol. The highest BCUT2D eigenvalue weighted by Crippen LogP contribution is 2.06. The topological polar surface area (TPSA) is 93.4 Å². The van der Waals surface area contributed by atoms with Gasteiger partial charge in [-0.2, -0.15) is 0 Å². The molecule has 0 aliphatic rings. The average Bonchev–Trinajstić information content (AvgIpc) is 2.53. The van der Waals surface area contributed by atoms with Crippen LogP contribution in [0.25, 0.3) is 0 Å². The molecule has 4 N–H and O–H groups in total. The molecule has 0 fully saturated rings. The van der Waals surface area contributed by atoms with Gasteiger partial charge in [0.1, 0.15) is 12.6 Å². The van der Waals surface area contributed by atoms with Gasteiger partial charge in [0, 0.05) is 6.54 Å². The van der Waals surface area contributed by atoms with Crippen LogP contribution in [0, 0.1) is 5.92 Å². The summed E-state index contributed by atoms with van der Waals surface area (Å²) in [6.07, 6.45) is 0.668. The lowest BCUT2D eigenvalue weighted by Crippen LogP contribution is -2.47. The van der Waals surface area contributed by atoms with Crippen LogP contribution in [-0.2, 0) is 16.1 Å². The highest BCUT2D eigenvalue weighted by atomic mass is 16.5. The molecule has 1 rings (SSSR count). The lowest BCUT2D eigenvalue weighted by molar-refractivity contribution is -0.123. The zero-order valence-corrected chi connectivity index (χ0v) is 13.9. The number of amides is 2. The van der Waals surface area contributed by atoms with Gasteiger partial charge in [0.2, 0.25) is 5.91 Å². The summed E-state index contributed by atoms with van der Waals surface area (Å²) in [7, 11) is 0. The van der Waals surface area contributed by atoms with Crippen molar-refractivity contribution in [1.29, 1.82) is 0 Å². The van der Waals surface area contributed by atoms with E-state index in [0.29, 0.717) is 25.9 Å². The molecule has 1 atom stereocenters. The Morgan fingerprint density at radius 1 is 1.22 bits per heavy atom. The average molecular weight is 321 g/mol. The van der Waals surface area contributed by atoms with E-state index in [1.807, 2.05) is 44.2 Å². The Hall–Kier alpha value is -2.08. The maximum atomic E-state index is 12.1. The van der Waals surface area contributed by atoms with Crippen molar-refractivity contribution in [2.24, 2.45) is 11.7 Å². The highest BCUT2D eigenvalue weighted by Gasteiger charge is 2.22. The largest absolute Gasteiger partial charge is 0.445 e. The number of alkyl carbamates (subject to hydrolysis) is 1. The Kier molecular flexibility index (Phi) is 8.75. The molecule has 1 aromatic carbocycles. The van der Waals surface area contributed by atoms with E-state index < -0.39 is 12.1 Å². The molecule has 0 unspecified atom stereocenters. The molecule has 128 valence electrons. The molecule has 0 spiro atoms. The van der Waals surface area contributed by atoms with Crippen molar-refractivity contribution in [3.63, 3.8) is 0 Å². The van der Waals surface area contributed by atoms with Gasteiger partial charge in [0.05, 0.1) is 0 Å². The first-order valence-corrected chi connectivity index (χ1v) is 7.98. The quantitative estimate of drug-likeness (QED) is 0.605. The summed E-state index contributed by atoms with van der Waals surface area (Å²) < 4.78 is 5.17. The lowest BCUT2D eigenvalue weighted by atomic mass is 10.0. The highest BCUT2D eigenvalue weighted by molar-refractivity contribution is 5.85. The number of rotatable bonds is 9. The molecule has 0 bridgehead atoms. The third-order valence-electron chi connectivity index (χ3n) is 3.21. The van der Waals surface area contributed by atoms with Crippen LogP contribution in [0.5, 0.6) is 0 Å². The zero-order chi connectivity index (χ0) is 17.1. The maximum absolute atomic E-state index is 12.1. The number of carbonyl (C=O) groups is 2. The fourth-order valence-electron chi connectivity index (χ4n) is 2.05. The molecule has 2 amide bonds. The molecule has 0 saturated heterocycles. The minimum atomic E-state index is -0.601. The van der Waals surface area contributed by atoms with Gasteiger partial charge >= 0.3 is 6.09 Å². The Morgan fingerprint density at radius 2 is 1.91 bits per heavy atom. The van der Waals surface area contributed by atoms with Crippen molar-refractivity contribution in [2.45, 2.75) is 39.3 Å². The maximum Gasteiger partial charge on any atom is 0.408 e. The van der Waals surface area contributed by atoms with Crippen LogP contribution in [-0.4, -0.2) is 31.1 Å². The van der Waals surface area contributed by atoms with E-state index in [1.165, 1.54) is 0 Å². The smallest absolute Gasteiger partial charge is 0.408 e. The molecule has 0 radical (unpaired) electrons. The van der Waals surface area contributed by atoms with Gasteiger partial charge in [-0.15, -0.1) is 0 Å². The second-order valence-corrected chi connectivity index (χ2v) is 5.82. The number of nitrogens with two attached hydrogens (primary N) is 1. The third kappa shape index (κ3) is 8.21. The predicted octanol–water partition coefficient (Wildman–Crippen LogP) is 1.79. The first-order valence-electron chi connectivity index (χ1n) is 7.98. The van der Waals surface area contributed by atoms with Crippen LogP contribution < -0.4 is 16.4 Å². The third-order valence-corrected chi connectivity index (χ3v) is 3.21. The van der Waals surface area contributed by atoms with Gasteiger partial charge in [-0.1, -0.05) is 44.2 Å². The molecule has 0 saturated carbocycles. The summed E-state index contributed by atoms with van der Waals surface area (Å²) in [5, 5.41) is 5.42. The number of ether oxygens (including phenoxy) is 1. The van der Waals surface area contributed by atoms with Crippen LogP contribution in [0.1, 0.15) is 32.3 Å². The van der Waals surface area contributed by atoms with E-state index >= 15 is 0 Å². The van der Waals surface area contributed by atoms with Crippen molar-refractivity contribution in [3.05, 3.63) is 35.9 Å². The van der Waals surface area contributed by atoms with Crippen LogP contribution in [0.2, 0.25) is 0 Å². The van der Waals surface area contributed by atoms with Gasteiger partial charge in [-0.3, -0.25) is 4.79 Å². The first kappa shape index (κ1) is 19.0. The lowest BCUT2D eigenvalue weighted by Gasteiger charge is -2.20. The summed E-state index contributed by atoms with van der Waals surface area (Å²) in [6, 6.07) is 8.80. The first-order chi connectivity index (χ1) is 11.0. The molecule has 0 aliphatic heterocycles. The van der Waals surface area contributed by atoms with Crippen LogP contribution in [0.4, 0.5) is 4.79 Å². The SMILES string of the molecule is CC(C)C[C@H](NC(=O)OCc1ccccc1)C(=O)NCCCN. The van der Waals surface area contributed by atoms with Crippen molar-refractivity contribution in [3.8, 4) is 0 Å². The Labute approximate surface area is 137 Å². The van der Waals surface area contributed by atoms with Gasteiger partial charge in [0.15, 0.2) is 0 Å². The van der Waals surface area contributed by atoms with E-state index in [0.717, 1.165) is 5.56 Å². The summed E-state index contributed by atoms with van der Waals surface area (Å²) in [4.78, 5) is 24.1. The van der Waals surface area contributed by atoms with E-state index in [4.69, 9.17) is 10.5 Å². The van der Waals surface area contributed by atoms with E-state index in [9.17, 15) is 9.59 Å². The van der Waals surface area contributed by atoms with E-state index in [-0.39, 0.29) is 18.4 Å². The van der Waals surface area contributed by atoms with Crippen LogP contribution >= 0.6 is 0 Å². The number of hydrogen-bond acceptors (Lipinski definition) is 4. The Morgan fingerprint density at radius 3 is 2.52 bits per heavy atom. The minimum Gasteiger partial charge on any atom is -0.445 e. The van der Waals surface area contributed by atoms with E-state index in [2.05, 4.69) is 10.6 Å². The molecular formula is C17H27N3O3. The van der Waals surface area contributed by atoms with Crippen molar-refractivity contribution in [1.82, 2.24) is 10.6 Å². The van der Waals surface area contributed by atoms with Gasteiger partial charge in [0.25, 0.3) is 0 Å². The van der Waals surface area contributed by atoms with Crippen LogP contribution in [0.15, 0.2) is 30.3 Å². The predicted molar refractivity (Wildman–Crippen MR) is 89.7 cm³/mol. The fourth-order valence-corrected chi connectivity index (χ4v) is 2.05. The summed E-state index contributed by atoms with van der Waals surface area (Å²) in [6.45, 7) is 5.19. The zero-order valence-electron chi connectivity index (χ0n) is 13.9. The monoisotopic (exact) mass is 321 g/mol. The van der Waals surface area contributed by atoms with Gasteiger partial charge in [-0.05, 0) is 30.9 Å².